The van der Waals surface area contributed by atoms with Crippen molar-refractivity contribution in [1.82, 2.24) is 14.1 Å². The molecule has 34 heavy (non-hydrogen) atoms. The number of thioether (sulfide) groups is 1. The van der Waals surface area contributed by atoms with Crippen LogP contribution in [0.15, 0.2) is 58.5 Å². The van der Waals surface area contributed by atoms with Crippen molar-refractivity contribution >= 4 is 51.6 Å². The van der Waals surface area contributed by atoms with Crippen molar-refractivity contribution < 1.29 is 14.3 Å². The summed E-state index contributed by atoms with van der Waals surface area (Å²) >= 11 is 8.02. The minimum absolute atomic E-state index is 0.0258. The Hall–Kier alpha value is -2.95. The van der Waals surface area contributed by atoms with Gasteiger partial charge in [0.2, 0.25) is 0 Å². The van der Waals surface area contributed by atoms with Gasteiger partial charge in [-0.3, -0.25) is 18.7 Å². The van der Waals surface area contributed by atoms with Gasteiger partial charge < -0.3 is 9.47 Å². The Labute approximate surface area is 210 Å². The van der Waals surface area contributed by atoms with Gasteiger partial charge >= 0.3 is 5.97 Å². The lowest BCUT2D eigenvalue weighted by Crippen LogP contribution is -2.22. The second kappa shape index (κ2) is 10.5. The number of nitrogens with zero attached hydrogens (tertiary/aromatic N) is 3. The third kappa shape index (κ3) is 4.79. The van der Waals surface area contributed by atoms with Gasteiger partial charge in [-0.15, -0.1) is 0 Å². The van der Waals surface area contributed by atoms with Crippen LogP contribution in [-0.2, 0) is 9.53 Å². The number of benzene rings is 2. The Morgan fingerprint density at radius 1 is 1.09 bits per heavy atom. The van der Waals surface area contributed by atoms with Crippen LogP contribution in [0.4, 0.5) is 0 Å². The standard InChI is InChI=1S/C24H23N3O4S3/c1-4-30-17-12-10-16(11-13-17)26-22(29)20-21(25-23(26)33-14-19(28)31-5-2)27(24(32)34-20)18-9-7-6-8-15(18)3/h6-13H,4-5,14H2,1-3H3. The first kappa shape index (κ1) is 24.2. The van der Waals surface area contributed by atoms with Crippen molar-refractivity contribution in [2.75, 3.05) is 19.0 Å². The average molecular weight is 514 g/mol. The molecule has 4 rings (SSSR count). The lowest BCUT2D eigenvalue weighted by Gasteiger charge is -2.14. The average Bonchev–Trinajstić information content (AvgIpc) is 3.15. The molecule has 0 radical (unpaired) electrons. The van der Waals surface area contributed by atoms with E-state index in [1.54, 1.807) is 31.2 Å². The van der Waals surface area contributed by atoms with Crippen molar-refractivity contribution in [2.24, 2.45) is 0 Å². The van der Waals surface area contributed by atoms with Crippen LogP contribution in [-0.4, -0.2) is 39.1 Å². The summed E-state index contributed by atoms with van der Waals surface area (Å²) in [7, 11) is 0. The molecule has 0 bridgehead atoms. The summed E-state index contributed by atoms with van der Waals surface area (Å²) in [6.45, 7) is 6.48. The molecule has 0 spiro atoms. The van der Waals surface area contributed by atoms with Gasteiger partial charge in [-0.1, -0.05) is 41.3 Å². The predicted octanol–water partition coefficient (Wildman–Crippen LogP) is 5.33. The van der Waals surface area contributed by atoms with Crippen molar-refractivity contribution in [2.45, 2.75) is 25.9 Å². The van der Waals surface area contributed by atoms with Gasteiger partial charge in [0, 0.05) is 0 Å². The Bertz CT molecular complexity index is 1460. The number of carbonyl (C=O) groups excluding carboxylic acids is 1. The molecule has 7 nitrogen and oxygen atoms in total. The van der Waals surface area contributed by atoms with Gasteiger partial charge in [-0.25, -0.2) is 4.98 Å². The number of rotatable bonds is 8. The van der Waals surface area contributed by atoms with E-state index < -0.39 is 0 Å². The molecule has 0 unspecified atom stereocenters. The van der Waals surface area contributed by atoms with Gasteiger partial charge in [0.1, 0.15) is 10.4 Å². The number of ether oxygens (including phenoxy) is 2. The maximum absolute atomic E-state index is 13.7. The quantitative estimate of drug-likeness (QED) is 0.136. The van der Waals surface area contributed by atoms with Crippen molar-refractivity contribution in [3.05, 3.63) is 68.4 Å². The summed E-state index contributed by atoms with van der Waals surface area (Å²) in [5.41, 5.74) is 2.73. The summed E-state index contributed by atoms with van der Waals surface area (Å²) < 4.78 is 14.9. The zero-order valence-corrected chi connectivity index (χ0v) is 21.4. The van der Waals surface area contributed by atoms with Crippen LogP contribution >= 0.6 is 35.3 Å². The first-order valence-electron chi connectivity index (χ1n) is 10.7. The fraction of sp³-hybridized carbons (Fsp3) is 0.250. The number of esters is 1. The monoisotopic (exact) mass is 513 g/mol. The Morgan fingerprint density at radius 2 is 1.82 bits per heavy atom. The number of hydrogen-bond donors (Lipinski definition) is 0. The first-order chi connectivity index (χ1) is 16.4. The van der Waals surface area contributed by atoms with Crippen LogP contribution < -0.4 is 10.3 Å². The van der Waals surface area contributed by atoms with E-state index in [9.17, 15) is 9.59 Å². The molecule has 2 heterocycles. The first-order valence-corrected chi connectivity index (χ1v) is 12.9. The summed E-state index contributed by atoms with van der Waals surface area (Å²) in [6, 6.07) is 15.0. The highest BCUT2D eigenvalue weighted by atomic mass is 32.2. The van der Waals surface area contributed by atoms with Crippen LogP contribution in [0.5, 0.6) is 5.75 Å². The van der Waals surface area contributed by atoms with Gasteiger partial charge in [-0.05, 0) is 68.9 Å². The molecule has 0 aliphatic carbocycles. The lowest BCUT2D eigenvalue weighted by molar-refractivity contribution is -0.139. The van der Waals surface area contributed by atoms with Crippen molar-refractivity contribution in [1.29, 1.82) is 0 Å². The van der Waals surface area contributed by atoms with Crippen LogP contribution in [0.3, 0.4) is 0 Å². The highest BCUT2D eigenvalue weighted by Crippen LogP contribution is 2.29. The Balaban J connectivity index is 1.93. The van der Waals surface area contributed by atoms with E-state index >= 15 is 0 Å². The van der Waals surface area contributed by atoms with E-state index in [0.717, 1.165) is 23.0 Å². The minimum Gasteiger partial charge on any atom is -0.494 e. The van der Waals surface area contributed by atoms with Crippen LogP contribution in [0, 0.1) is 10.9 Å². The molecule has 10 heteroatoms. The predicted molar refractivity (Wildman–Crippen MR) is 139 cm³/mol. The highest BCUT2D eigenvalue weighted by Gasteiger charge is 2.20. The lowest BCUT2D eigenvalue weighted by atomic mass is 10.2. The Morgan fingerprint density at radius 3 is 2.50 bits per heavy atom. The van der Waals surface area contributed by atoms with E-state index in [1.165, 1.54) is 15.9 Å². The molecule has 0 aliphatic rings. The second-order valence-electron chi connectivity index (χ2n) is 7.20. The molecular weight excluding hydrogens is 490 g/mol. The van der Waals surface area contributed by atoms with E-state index in [1.807, 2.05) is 42.7 Å². The van der Waals surface area contributed by atoms with Crippen LogP contribution in [0.2, 0.25) is 0 Å². The number of aryl methyl sites for hydroxylation is 1. The summed E-state index contributed by atoms with van der Waals surface area (Å²) in [6.07, 6.45) is 0. The van der Waals surface area contributed by atoms with Gasteiger partial charge in [0.15, 0.2) is 14.8 Å². The minimum atomic E-state index is -0.374. The maximum atomic E-state index is 13.7. The molecule has 2 aromatic heterocycles. The summed E-state index contributed by atoms with van der Waals surface area (Å²) in [5.74, 6) is 0.356. The molecule has 4 aromatic rings. The van der Waals surface area contributed by atoms with E-state index in [-0.39, 0.29) is 23.9 Å². The third-order valence-corrected chi connectivity index (χ3v) is 7.23. The molecule has 176 valence electrons. The van der Waals surface area contributed by atoms with Crippen molar-refractivity contribution in [3.63, 3.8) is 0 Å². The molecule has 0 amide bonds. The third-order valence-electron chi connectivity index (χ3n) is 4.96. The number of hydrogen-bond acceptors (Lipinski definition) is 8. The largest absolute Gasteiger partial charge is 0.494 e. The number of thiazole rings is 1. The Kier molecular flexibility index (Phi) is 7.50. The van der Waals surface area contributed by atoms with Crippen molar-refractivity contribution in [3.8, 4) is 17.1 Å². The fourth-order valence-electron chi connectivity index (χ4n) is 3.47. The molecular formula is C24H23N3O4S3. The molecule has 0 atom stereocenters. The topological polar surface area (TPSA) is 75.4 Å². The van der Waals surface area contributed by atoms with Gasteiger partial charge in [0.05, 0.1) is 30.3 Å². The van der Waals surface area contributed by atoms with E-state index in [0.29, 0.717) is 37.5 Å². The zero-order chi connectivity index (χ0) is 24.2. The second-order valence-corrected chi connectivity index (χ2v) is 9.78. The van der Waals surface area contributed by atoms with Gasteiger partial charge in [-0.2, -0.15) is 0 Å². The summed E-state index contributed by atoms with van der Waals surface area (Å²) in [4.78, 5) is 30.6. The van der Waals surface area contributed by atoms with Crippen LogP contribution in [0.25, 0.3) is 21.7 Å². The number of aromatic nitrogens is 3. The number of fused-ring (bicyclic) bond motifs is 1. The SMILES string of the molecule is CCOC(=O)CSc1nc2c(sc(=S)n2-c2ccccc2C)c(=O)n1-c1ccc(OCC)cc1. The molecule has 0 saturated carbocycles. The molecule has 0 aliphatic heterocycles. The molecule has 0 saturated heterocycles. The van der Waals surface area contributed by atoms with Gasteiger partial charge in [0.25, 0.3) is 5.56 Å². The zero-order valence-electron chi connectivity index (χ0n) is 18.9. The highest BCUT2D eigenvalue weighted by molar-refractivity contribution is 7.99. The summed E-state index contributed by atoms with van der Waals surface area (Å²) in [5, 5.41) is 0.379. The number of carbonyl (C=O) groups is 1. The fourth-order valence-corrected chi connectivity index (χ4v) is 5.56. The molecule has 2 aromatic carbocycles. The van der Waals surface area contributed by atoms with E-state index in [4.69, 9.17) is 26.7 Å². The molecule has 0 N–H and O–H groups in total. The number of para-hydroxylation sites is 1. The molecule has 0 fully saturated rings. The maximum Gasteiger partial charge on any atom is 0.316 e. The van der Waals surface area contributed by atoms with E-state index in [2.05, 4.69) is 0 Å². The normalized spacial score (nSPS) is 11.0. The van der Waals surface area contributed by atoms with Crippen LogP contribution in [0.1, 0.15) is 19.4 Å². The smallest absolute Gasteiger partial charge is 0.316 e.